The van der Waals surface area contributed by atoms with Gasteiger partial charge in [0.2, 0.25) is 0 Å². The molecule has 2 rings (SSSR count). The predicted octanol–water partition coefficient (Wildman–Crippen LogP) is 1.98. The number of thiocarbonyl (C=S) groups is 1. The van der Waals surface area contributed by atoms with E-state index in [1.54, 1.807) is 0 Å². The van der Waals surface area contributed by atoms with E-state index in [1.165, 1.54) is 16.7 Å². The van der Waals surface area contributed by atoms with E-state index in [-0.39, 0.29) is 5.56 Å². The van der Waals surface area contributed by atoms with E-state index >= 15 is 0 Å². The van der Waals surface area contributed by atoms with Gasteiger partial charge in [-0.05, 0) is 0 Å². The zero-order chi connectivity index (χ0) is 14.9. The first-order chi connectivity index (χ1) is 9.40. The molecule has 10 heteroatoms. The molecule has 1 aliphatic heterocycles. The van der Waals surface area contributed by atoms with Crippen molar-refractivity contribution in [3.8, 4) is 0 Å². The number of non-ortho nitro benzene ring substituents is 2. The van der Waals surface area contributed by atoms with Crippen LogP contribution in [0.15, 0.2) is 18.2 Å². The van der Waals surface area contributed by atoms with E-state index in [9.17, 15) is 25.0 Å². The molecule has 1 aromatic carbocycles. The molecule has 0 saturated carbocycles. The van der Waals surface area contributed by atoms with E-state index < -0.39 is 27.1 Å². The summed E-state index contributed by atoms with van der Waals surface area (Å²) in [5.41, 5.74) is -1.11. The van der Waals surface area contributed by atoms with E-state index in [0.717, 1.165) is 18.2 Å². The van der Waals surface area contributed by atoms with Crippen molar-refractivity contribution in [1.82, 2.24) is 4.90 Å². The number of carbonyl (C=O) groups excluding carboxylic acids is 1. The van der Waals surface area contributed by atoms with Gasteiger partial charge in [0.1, 0.15) is 4.32 Å². The molecule has 0 atom stereocenters. The topological polar surface area (TPSA) is 107 Å². The molecule has 0 aromatic heterocycles. The number of hydrogen-bond donors (Lipinski definition) is 0. The molecule has 1 fully saturated rings. The first-order valence-electron chi connectivity index (χ1n) is 5.32. The summed E-state index contributed by atoms with van der Waals surface area (Å²) in [5.74, 6) is 0.0773. The zero-order valence-corrected chi connectivity index (χ0v) is 11.5. The number of thioether (sulfide) groups is 1. The van der Waals surface area contributed by atoms with Crippen LogP contribution in [-0.4, -0.2) is 37.3 Å². The Labute approximate surface area is 122 Å². The van der Waals surface area contributed by atoms with E-state index in [2.05, 4.69) is 0 Å². The summed E-state index contributed by atoms with van der Waals surface area (Å²) in [5, 5.41) is 21.5. The predicted molar refractivity (Wildman–Crippen MR) is 75.8 cm³/mol. The fourth-order valence-electron chi connectivity index (χ4n) is 1.66. The van der Waals surface area contributed by atoms with Crippen molar-refractivity contribution in [1.29, 1.82) is 0 Å². The number of carbonyl (C=O) groups is 1. The molecular weight excluding hydrogens is 306 g/mol. The molecule has 104 valence electrons. The van der Waals surface area contributed by atoms with Crippen LogP contribution in [0.5, 0.6) is 0 Å². The van der Waals surface area contributed by atoms with Gasteiger partial charge in [-0.25, -0.2) is 0 Å². The van der Waals surface area contributed by atoms with Gasteiger partial charge in [0.25, 0.3) is 17.3 Å². The van der Waals surface area contributed by atoms with Crippen molar-refractivity contribution >= 4 is 45.6 Å². The third-order valence-electron chi connectivity index (χ3n) is 2.58. The monoisotopic (exact) mass is 313 g/mol. The Morgan fingerprint density at radius 1 is 1.20 bits per heavy atom. The average molecular weight is 313 g/mol. The lowest BCUT2D eigenvalue weighted by Gasteiger charge is -2.14. The Hall–Kier alpha value is -2.07. The van der Waals surface area contributed by atoms with Crippen molar-refractivity contribution < 1.29 is 14.6 Å². The standard InChI is InChI=1S/C10H7N3O5S2/c14-9(11-1-2-20-10(11)19)6-3-7(12(15)16)5-8(4-6)13(17)18/h3-5H,1-2H2. The van der Waals surface area contributed by atoms with Gasteiger partial charge < -0.3 is 0 Å². The molecule has 0 aliphatic carbocycles. The van der Waals surface area contributed by atoms with Gasteiger partial charge in [0.05, 0.1) is 21.5 Å². The molecule has 0 spiro atoms. The average Bonchev–Trinajstić information content (AvgIpc) is 2.83. The van der Waals surface area contributed by atoms with Gasteiger partial charge in [-0.1, -0.05) is 24.0 Å². The molecule has 0 N–H and O–H groups in total. The zero-order valence-electron chi connectivity index (χ0n) is 9.85. The summed E-state index contributed by atoms with van der Waals surface area (Å²) in [4.78, 5) is 33.4. The van der Waals surface area contributed by atoms with Crippen LogP contribution >= 0.6 is 24.0 Å². The molecule has 0 radical (unpaired) electrons. The maximum absolute atomic E-state index is 12.2. The Kier molecular flexibility index (Phi) is 3.95. The summed E-state index contributed by atoms with van der Waals surface area (Å²) in [6, 6.07) is 2.84. The quantitative estimate of drug-likeness (QED) is 0.477. The van der Waals surface area contributed by atoms with Crippen LogP contribution in [0.3, 0.4) is 0 Å². The Morgan fingerprint density at radius 3 is 2.15 bits per heavy atom. The molecular formula is C10H7N3O5S2. The van der Waals surface area contributed by atoms with E-state index in [0.29, 0.717) is 16.6 Å². The lowest BCUT2D eigenvalue weighted by molar-refractivity contribution is -0.394. The molecule has 1 aromatic rings. The number of rotatable bonds is 3. The highest BCUT2D eigenvalue weighted by Gasteiger charge is 2.28. The molecule has 20 heavy (non-hydrogen) atoms. The summed E-state index contributed by atoms with van der Waals surface area (Å²) >= 11 is 6.30. The molecule has 1 heterocycles. The highest BCUT2D eigenvalue weighted by Crippen LogP contribution is 2.26. The van der Waals surface area contributed by atoms with E-state index in [1.807, 2.05) is 0 Å². The normalized spacial score (nSPS) is 14.4. The number of nitro groups is 2. The molecule has 0 unspecified atom stereocenters. The van der Waals surface area contributed by atoms with Crippen molar-refractivity contribution in [2.24, 2.45) is 0 Å². The van der Waals surface area contributed by atoms with Gasteiger partial charge in [-0.15, -0.1) is 0 Å². The minimum Gasteiger partial charge on any atom is -0.293 e. The highest BCUT2D eigenvalue weighted by atomic mass is 32.2. The second-order valence-corrected chi connectivity index (χ2v) is 5.55. The van der Waals surface area contributed by atoms with Crippen LogP contribution in [0, 0.1) is 20.2 Å². The van der Waals surface area contributed by atoms with Gasteiger partial charge in [0.15, 0.2) is 0 Å². The summed E-state index contributed by atoms with van der Waals surface area (Å²) in [6.07, 6.45) is 0. The molecule has 1 saturated heterocycles. The number of amides is 1. The van der Waals surface area contributed by atoms with Gasteiger partial charge in [0, 0.05) is 24.4 Å². The SMILES string of the molecule is O=C(c1cc([N+](=O)[O-])cc([N+](=O)[O-])c1)N1CCSC1=S. The Balaban J connectivity index is 2.44. The second-order valence-electron chi connectivity index (χ2n) is 3.82. The van der Waals surface area contributed by atoms with Crippen LogP contribution in [0.1, 0.15) is 10.4 Å². The van der Waals surface area contributed by atoms with Crippen LogP contribution < -0.4 is 0 Å². The van der Waals surface area contributed by atoms with Crippen molar-refractivity contribution in [2.45, 2.75) is 0 Å². The largest absolute Gasteiger partial charge is 0.293 e. The third-order valence-corrected chi connectivity index (χ3v) is 4.01. The molecule has 1 amide bonds. The maximum atomic E-state index is 12.2. The van der Waals surface area contributed by atoms with Crippen LogP contribution in [0.4, 0.5) is 11.4 Å². The van der Waals surface area contributed by atoms with Crippen LogP contribution in [-0.2, 0) is 0 Å². The third kappa shape index (κ3) is 2.75. The summed E-state index contributed by atoms with van der Waals surface area (Å²) in [7, 11) is 0. The van der Waals surface area contributed by atoms with Crippen molar-refractivity contribution in [3.05, 3.63) is 44.0 Å². The van der Waals surface area contributed by atoms with Crippen molar-refractivity contribution in [2.75, 3.05) is 12.3 Å². The second kappa shape index (κ2) is 5.51. The minimum atomic E-state index is -0.777. The van der Waals surface area contributed by atoms with Crippen LogP contribution in [0.25, 0.3) is 0 Å². The smallest absolute Gasteiger partial charge is 0.277 e. The fraction of sp³-hybridized carbons (Fsp3) is 0.200. The Morgan fingerprint density at radius 2 is 1.75 bits per heavy atom. The number of nitrogens with zero attached hydrogens (tertiary/aromatic N) is 3. The number of benzene rings is 1. The van der Waals surface area contributed by atoms with Gasteiger partial charge in [-0.2, -0.15) is 0 Å². The van der Waals surface area contributed by atoms with Gasteiger partial charge in [-0.3, -0.25) is 29.9 Å². The first-order valence-corrected chi connectivity index (χ1v) is 6.72. The summed E-state index contributed by atoms with van der Waals surface area (Å²) < 4.78 is 0.365. The number of hydrogen-bond acceptors (Lipinski definition) is 7. The fourth-order valence-corrected chi connectivity index (χ4v) is 2.87. The van der Waals surface area contributed by atoms with E-state index in [4.69, 9.17) is 12.2 Å². The lowest BCUT2D eigenvalue weighted by atomic mass is 10.1. The number of nitro benzene ring substituents is 2. The maximum Gasteiger partial charge on any atom is 0.277 e. The van der Waals surface area contributed by atoms with Gasteiger partial charge >= 0.3 is 0 Å². The summed E-state index contributed by atoms with van der Waals surface area (Å²) in [6.45, 7) is 0.388. The molecule has 8 nitrogen and oxygen atoms in total. The molecule has 0 bridgehead atoms. The van der Waals surface area contributed by atoms with Crippen molar-refractivity contribution in [3.63, 3.8) is 0 Å². The minimum absolute atomic E-state index is 0.115. The highest BCUT2D eigenvalue weighted by molar-refractivity contribution is 8.23. The van der Waals surface area contributed by atoms with Crippen LogP contribution in [0.2, 0.25) is 0 Å². The lowest BCUT2D eigenvalue weighted by Crippen LogP contribution is -2.30. The first kappa shape index (κ1) is 14.3. The Bertz CT molecular complexity index is 601. The molecule has 1 aliphatic rings.